The van der Waals surface area contributed by atoms with E-state index in [2.05, 4.69) is 43.7 Å². The Labute approximate surface area is 110 Å². The zero-order valence-electron chi connectivity index (χ0n) is 11.3. The van der Waals surface area contributed by atoms with Crippen LogP contribution in [0, 0.1) is 17.8 Å². The first kappa shape index (κ1) is 13.1. The second kappa shape index (κ2) is 6.01. The van der Waals surface area contributed by atoms with Gasteiger partial charge in [-0.3, -0.25) is 0 Å². The van der Waals surface area contributed by atoms with Gasteiger partial charge in [0, 0.05) is 10.9 Å². The molecule has 0 radical (unpaired) electrons. The van der Waals surface area contributed by atoms with Gasteiger partial charge in [0.2, 0.25) is 0 Å². The quantitative estimate of drug-likeness (QED) is 0.832. The van der Waals surface area contributed by atoms with Gasteiger partial charge in [-0.25, -0.2) is 0 Å². The molecular formula is C15H25NS. The van der Waals surface area contributed by atoms with E-state index in [4.69, 9.17) is 0 Å². The van der Waals surface area contributed by atoms with Crippen molar-refractivity contribution in [3.05, 3.63) is 22.4 Å². The third-order valence-corrected chi connectivity index (χ3v) is 5.35. The maximum Gasteiger partial charge on any atom is 0.0440 e. The topological polar surface area (TPSA) is 12.0 Å². The molecule has 1 N–H and O–H groups in total. The molecule has 1 atom stereocenters. The highest BCUT2D eigenvalue weighted by Crippen LogP contribution is 2.40. The highest BCUT2D eigenvalue weighted by molar-refractivity contribution is 7.10. The van der Waals surface area contributed by atoms with Gasteiger partial charge in [0.1, 0.15) is 0 Å². The molecule has 1 unspecified atom stereocenters. The van der Waals surface area contributed by atoms with E-state index in [1.807, 2.05) is 11.3 Å². The number of hydrogen-bond donors (Lipinski definition) is 1. The van der Waals surface area contributed by atoms with Crippen molar-refractivity contribution in [2.45, 2.75) is 45.6 Å². The normalized spacial score (nSPS) is 27.3. The lowest BCUT2D eigenvalue weighted by molar-refractivity contribution is 0.194. The van der Waals surface area contributed by atoms with E-state index in [1.165, 1.54) is 30.6 Å². The van der Waals surface area contributed by atoms with Crippen molar-refractivity contribution >= 4 is 11.3 Å². The Morgan fingerprint density at radius 3 is 2.29 bits per heavy atom. The van der Waals surface area contributed by atoms with Crippen LogP contribution in [-0.4, -0.2) is 7.05 Å². The van der Waals surface area contributed by atoms with E-state index in [-0.39, 0.29) is 0 Å². The minimum Gasteiger partial charge on any atom is -0.312 e. The van der Waals surface area contributed by atoms with E-state index in [0.717, 1.165) is 17.8 Å². The number of nitrogens with one attached hydrogen (secondary N) is 1. The van der Waals surface area contributed by atoms with Crippen molar-refractivity contribution < 1.29 is 0 Å². The minimum absolute atomic E-state index is 0.586. The predicted molar refractivity (Wildman–Crippen MR) is 76.4 cm³/mol. The molecule has 1 aliphatic carbocycles. The van der Waals surface area contributed by atoms with E-state index in [1.54, 1.807) is 0 Å². The van der Waals surface area contributed by atoms with Crippen LogP contribution < -0.4 is 5.32 Å². The van der Waals surface area contributed by atoms with Crippen LogP contribution in [-0.2, 0) is 0 Å². The van der Waals surface area contributed by atoms with Crippen molar-refractivity contribution in [2.75, 3.05) is 7.05 Å². The van der Waals surface area contributed by atoms with Crippen LogP contribution in [0.5, 0.6) is 0 Å². The van der Waals surface area contributed by atoms with Gasteiger partial charge in [-0.2, -0.15) is 0 Å². The van der Waals surface area contributed by atoms with Crippen LogP contribution in [0.4, 0.5) is 0 Å². The Balaban J connectivity index is 1.95. The molecule has 1 nitrogen and oxygen atoms in total. The molecule has 0 amide bonds. The summed E-state index contributed by atoms with van der Waals surface area (Å²) in [4.78, 5) is 1.51. The predicted octanol–water partition coefficient (Wildman–Crippen LogP) is 4.47. The fourth-order valence-corrected chi connectivity index (χ4v) is 4.15. The van der Waals surface area contributed by atoms with Gasteiger partial charge in [0.25, 0.3) is 0 Å². The van der Waals surface area contributed by atoms with Crippen LogP contribution in [0.15, 0.2) is 17.5 Å². The Morgan fingerprint density at radius 2 is 1.82 bits per heavy atom. The third kappa shape index (κ3) is 3.11. The van der Waals surface area contributed by atoms with E-state index in [0.29, 0.717) is 6.04 Å². The van der Waals surface area contributed by atoms with Gasteiger partial charge in [-0.05, 0) is 61.9 Å². The molecule has 1 heterocycles. The first-order chi connectivity index (χ1) is 8.22. The average molecular weight is 251 g/mol. The molecule has 0 saturated heterocycles. The molecule has 2 heteroatoms. The second-order valence-corrected chi connectivity index (χ2v) is 6.68. The van der Waals surface area contributed by atoms with E-state index in [9.17, 15) is 0 Å². The molecule has 0 bridgehead atoms. The molecule has 1 fully saturated rings. The smallest absolute Gasteiger partial charge is 0.0440 e. The maximum absolute atomic E-state index is 3.53. The molecule has 96 valence electrons. The molecular weight excluding hydrogens is 226 g/mol. The van der Waals surface area contributed by atoms with Crippen molar-refractivity contribution in [3.63, 3.8) is 0 Å². The summed E-state index contributed by atoms with van der Waals surface area (Å²) in [5.74, 6) is 2.67. The lowest BCUT2D eigenvalue weighted by Crippen LogP contribution is -2.29. The summed E-state index contributed by atoms with van der Waals surface area (Å²) < 4.78 is 0. The summed E-state index contributed by atoms with van der Waals surface area (Å²) in [6, 6.07) is 5.04. The van der Waals surface area contributed by atoms with Gasteiger partial charge in [-0.1, -0.05) is 19.9 Å². The summed E-state index contributed by atoms with van der Waals surface area (Å²) in [5, 5.41) is 5.72. The molecule has 1 aromatic rings. The highest BCUT2D eigenvalue weighted by Gasteiger charge is 2.29. The molecule has 0 aliphatic heterocycles. The lowest BCUT2D eigenvalue weighted by Gasteiger charge is -2.35. The first-order valence-corrected chi connectivity index (χ1v) is 7.81. The summed E-state index contributed by atoms with van der Waals surface area (Å²) >= 11 is 1.89. The van der Waals surface area contributed by atoms with Gasteiger partial charge < -0.3 is 5.32 Å². The molecule has 1 aromatic heterocycles. The maximum atomic E-state index is 3.53. The Morgan fingerprint density at radius 1 is 1.18 bits per heavy atom. The third-order valence-electron chi connectivity index (χ3n) is 4.39. The van der Waals surface area contributed by atoms with Crippen LogP contribution in [0.2, 0.25) is 0 Å². The van der Waals surface area contributed by atoms with Gasteiger partial charge in [0.05, 0.1) is 0 Å². The minimum atomic E-state index is 0.586. The Hall–Kier alpha value is -0.340. The van der Waals surface area contributed by atoms with Crippen molar-refractivity contribution in [1.82, 2.24) is 5.32 Å². The average Bonchev–Trinajstić information content (AvgIpc) is 2.84. The molecule has 0 spiro atoms. The van der Waals surface area contributed by atoms with Gasteiger partial charge >= 0.3 is 0 Å². The van der Waals surface area contributed by atoms with Crippen LogP contribution in [0.3, 0.4) is 0 Å². The van der Waals surface area contributed by atoms with Gasteiger partial charge in [0.15, 0.2) is 0 Å². The summed E-state index contributed by atoms with van der Waals surface area (Å²) in [7, 11) is 2.11. The molecule has 1 saturated carbocycles. The largest absolute Gasteiger partial charge is 0.312 e. The van der Waals surface area contributed by atoms with E-state index < -0.39 is 0 Å². The van der Waals surface area contributed by atoms with Crippen LogP contribution >= 0.6 is 11.3 Å². The highest BCUT2D eigenvalue weighted by atomic mass is 32.1. The molecule has 17 heavy (non-hydrogen) atoms. The number of thiophene rings is 1. The monoisotopic (exact) mass is 251 g/mol. The summed E-state index contributed by atoms with van der Waals surface area (Å²) in [6.45, 7) is 4.75. The molecule has 0 aromatic carbocycles. The Bertz CT molecular complexity index is 310. The summed E-state index contributed by atoms with van der Waals surface area (Å²) in [5.41, 5.74) is 0. The fourth-order valence-electron chi connectivity index (χ4n) is 3.22. The number of hydrogen-bond acceptors (Lipinski definition) is 2. The second-order valence-electron chi connectivity index (χ2n) is 5.70. The van der Waals surface area contributed by atoms with Crippen molar-refractivity contribution in [3.8, 4) is 0 Å². The van der Waals surface area contributed by atoms with Crippen molar-refractivity contribution in [2.24, 2.45) is 17.8 Å². The van der Waals surface area contributed by atoms with E-state index >= 15 is 0 Å². The van der Waals surface area contributed by atoms with Crippen LogP contribution in [0.25, 0.3) is 0 Å². The zero-order chi connectivity index (χ0) is 12.3. The fraction of sp³-hybridized carbons (Fsp3) is 0.733. The van der Waals surface area contributed by atoms with Crippen molar-refractivity contribution in [1.29, 1.82) is 0 Å². The molecule has 2 rings (SSSR count). The standard InChI is InChI=1S/C15H25NS/c1-11(2)12-6-8-13(9-7-12)15(16-3)14-5-4-10-17-14/h4-5,10-13,15-16H,6-9H2,1-3H3. The first-order valence-electron chi connectivity index (χ1n) is 6.93. The Kier molecular flexibility index (Phi) is 4.63. The lowest BCUT2D eigenvalue weighted by atomic mass is 9.74. The van der Waals surface area contributed by atoms with Gasteiger partial charge in [-0.15, -0.1) is 11.3 Å². The molecule has 1 aliphatic rings. The summed E-state index contributed by atoms with van der Waals surface area (Å²) in [6.07, 6.45) is 5.64. The van der Waals surface area contributed by atoms with Crippen LogP contribution in [0.1, 0.15) is 50.4 Å². The SMILES string of the molecule is CNC(c1cccs1)C1CCC(C(C)C)CC1. The number of rotatable bonds is 4. The zero-order valence-corrected chi connectivity index (χ0v) is 12.1.